The smallest absolute Gasteiger partial charge is 0.320 e. The summed E-state index contributed by atoms with van der Waals surface area (Å²) in [6.45, 7) is 1.73. The minimum atomic E-state index is -0.928. The van der Waals surface area contributed by atoms with E-state index in [0.717, 1.165) is 0 Å². The molecule has 0 aliphatic carbocycles. The number of hydrogen-bond acceptors (Lipinski definition) is 2. The molecular formula is C4H9NO2Zn. The van der Waals surface area contributed by atoms with Gasteiger partial charge in [0.1, 0.15) is 6.04 Å². The maximum Gasteiger partial charge on any atom is 0.320 e. The first-order valence-electron chi connectivity index (χ1n) is 2.17. The van der Waals surface area contributed by atoms with Gasteiger partial charge in [0.05, 0.1) is 0 Å². The number of rotatable bonds is 2. The maximum atomic E-state index is 9.81. The molecule has 0 saturated heterocycles. The van der Waals surface area contributed by atoms with Gasteiger partial charge in [-0.05, 0) is 6.42 Å². The predicted molar refractivity (Wildman–Crippen MR) is 25.9 cm³/mol. The number of nitrogens with two attached hydrogens (primary N) is 1. The molecule has 3 N–H and O–H groups in total. The van der Waals surface area contributed by atoms with Crippen molar-refractivity contribution in [2.24, 2.45) is 5.73 Å². The average Bonchev–Trinajstić information content (AvgIpc) is 1.65. The van der Waals surface area contributed by atoms with Crippen LogP contribution in [0.4, 0.5) is 0 Å². The molecule has 0 amide bonds. The molecule has 4 heteroatoms. The summed E-state index contributed by atoms with van der Waals surface area (Å²) in [5, 5.41) is 8.06. The van der Waals surface area contributed by atoms with Gasteiger partial charge in [-0.1, -0.05) is 6.92 Å². The summed E-state index contributed by atoms with van der Waals surface area (Å²) in [6.07, 6.45) is 0.495. The standard InChI is InChI=1S/C4H9NO2.Zn/c1-2-3(5)4(6)7;/h3H,2,5H2,1H3,(H,6,7);. The van der Waals surface area contributed by atoms with Gasteiger partial charge in [-0.2, -0.15) is 0 Å². The van der Waals surface area contributed by atoms with E-state index in [1.807, 2.05) is 0 Å². The van der Waals surface area contributed by atoms with Gasteiger partial charge in [0, 0.05) is 19.5 Å². The summed E-state index contributed by atoms with van der Waals surface area (Å²) < 4.78 is 0. The quantitative estimate of drug-likeness (QED) is 0.562. The van der Waals surface area contributed by atoms with Crippen LogP contribution >= 0.6 is 0 Å². The van der Waals surface area contributed by atoms with Crippen molar-refractivity contribution in [3.8, 4) is 0 Å². The zero-order valence-corrected chi connectivity index (χ0v) is 7.89. The number of carboxylic acid groups (broad SMARTS) is 1. The number of carboxylic acids is 1. The Kier molecular flexibility index (Phi) is 7.10. The van der Waals surface area contributed by atoms with E-state index >= 15 is 0 Å². The fourth-order valence-corrected chi connectivity index (χ4v) is 0.175. The molecule has 1 unspecified atom stereocenters. The minimum absolute atomic E-state index is 0. The van der Waals surface area contributed by atoms with Crippen LogP contribution in [0.5, 0.6) is 0 Å². The van der Waals surface area contributed by atoms with Crippen LogP contribution in [0, 0.1) is 0 Å². The van der Waals surface area contributed by atoms with E-state index in [2.05, 4.69) is 0 Å². The Labute approximate surface area is 61.0 Å². The summed E-state index contributed by atoms with van der Waals surface area (Å²) in [7, 11) is 0. The first kappa shape index (κ1) is 10.9. The van der Waals surface area contributed by atoms with Crippen molar-refractivity contribution in [3.05, 3.63) is 0 Å². The van der Waals surface area contributed by atoms with Crippen LogP contribution in [0.15, 0.2) is 0 Å². The van der Waals surface area contributed by atoms with Crippen molar-refractivity contribution in [1.29, 1.82) is 0 Å². The Bertz CT molecular complexity index is 76.4. The van der Waals surface area contributed by atoms with Gasteiger partial charge in [-0.3, -0.25) is 4.79 Å². The van der Waals surface area contributed by atoms with Gasteiger partial charge < -0.3 is 10.8 Å². The van der Waals surface area contributed by atoms with Crippen LogP contribution in [0.3, 0.4) is 0 Å². The van der Waals surface area contributed by atoms with E-state index in [9.17, 15) is 4.79 Å². The van der Waals surface area contributed by atoms with E-state index in [0.29, 0.717) is 6.42 Å². The summed E-state index contributed by atoms with van der Waals surface area (Å²) in [6, 6.07) is -0.681. The van der Waals surface area contributed by atoms with Crippen LogP contribution < -0.4 is 5.73 Å². The molecule has 44 valence electrons. The van der Waals surface area contributed by atoms with E-state index in [1.165, 1.54) is 0 Å². The molecule has 0 aliphatic rings. The van der Waals surface area contributed by atoms with Crippen molar-refractivity contribution in [3.63, 3.8) is 0 Å². The molecule has 0 radical (unpaired) electrons. The zero-order chi connectivity index (χ0) is 5.86. The van der Waals surface area contributed by atoms with Crippen molar-refractivity contribution in [1.82, 2.24) is 0 Å². The number of carbonyl (C=O) groups is 1. The van der Waals surface area contributed by atoms with E-state index in [-0.39, 0.29) is 19.5 Å². The molecule has 3 nitrogen and oxygen atoms in total. The molecule has 0 aromatic carbocycles. The molecule has 1 atom stereocenters. The van der Waals surface area contributed by atoms with Crippen LogP contribution in [-0.4, -0.2) is 17.1 Å². The Morgan fingerprint density at radius 3 is 2.25 bits per heavy atom. The molecule has 0 aromatic rings. The molecule has 0 aromatic heterocycles. The van der Waals surface area contributed by atoms with E-state index in [4.69, 9.17) is 10.8 Å². The van der Waals surface area contributed by atoms with Gasteiger partial charge in [0.25, 0.3) is 0 Å². The number of aliphatic carboxylic acids is 1. The third-order valence-electron chi connectivity index (χ3n) is 0.757. The summed E-state index contributed by atoms with van der Waals surface area (Å²) in [5.74, 6) is -0.928. The Morgan fingerprint density at radius 2 is 2.25 bits per heavy atom. The van der Waals surface area contributed by atoms with Gasteiger partial charge in [0.15, 0.2) is 0 Å². The first-order valence-corrected chi connectivity index (χ1v) is 2.17. The second-order valence-corrected chi connectivity index (χ2v) is 1.35. The second kappa shape index (κ2) is 5.20. The molecule has 0 spiro atoms. The largest absolute Gasteiger partial charge is 0.480 e. The summed E-state index contributed by atoms with van der Waals surface area (Å²) >= 11 is 0. The second-order valence-electron chi connectivity index (χ2n) is 1.35. The van der Waals surface area contributed by atoms with Crippen LogP contribution in [0.25, 0.3) is 0 Å². The molecule has 0 saturated carbocycles. The summed E-state index contributed by atoms with van der Waals surface area (Å²) in [4.78, 5) is 9.81. The molecule has 0 fully saturated rings. The van der Waals surface area contributed by atoms with Gasteiger partial charge in [-0.15, -0.1) is 0 Å². The average molecular weight is 169 g/mol. The minimum Gasteiger partial charge on any atom is -0.480 e. The monoisotopic (exact) mass is 167 g/mol. The molecule has 0 bridgehead atoms. The third-order valence-corrected chi connectivity index (χ3v) is 0.757. The summed E-state index contributed by atoms with van der Waals surface area (Å²) in [5.41, 5.74) is 5.02. The third kappa shape index (κ3) is 4.22. The molecular weight excluding hydrogens is 159 g/mol. The fraction of sp³-hybridized carbons (Fsp3) is 0.750. The normalized spacial score (nSPS) is 11.8. The molecule has 8 heavy (non-hydrogen) atoms. The van der Waals surface area contributed by atoms with Crippen molar-refractivity contribution in [2.45, 2.75) is 19.4 Å². The zero-order valence-electron chi connectivity index (χ0n) is 4.92. The molecule has 0 rings (SSSR count). The van der Waals surface area contributed by atoms with Gasteiger partial charge >= 0.3 is 5.97 Å². The van der Waals surface area contributed by atoms with Gasteiger partial charge in [-0.25, -0.2) is 0 Å². The first-order chi connectivity index (χ1) is 3.18. The maximum absolute atomic E-state index is 9.81. The molecule has 0 heterocycles. The van der Waals surface area contributed by atoms with Crippen molar-refractivity contribution < 1.29 is 29.4 Å². The molecule has 0 aliphatic heterocycles. The Balaban J connectivity index is 0. The fourth-order valence-electron chi connectivity index (χ4n) is 0.175. The number of hydrogen-bond donors (Lipinski definition) is 2. The van der Waals surface area contributed by atoms with E-state index in [1.54, 1.807) is 6.92 Å². The predicted octanol–water partition coefficient (Wildman–Crippen LogP) is -0.194. The SMILES string of the molecule is CCC(N)C(=O)O.[Zn]. The van der Waals surface area contributed by atoms with Crippen molar-refractivity contribution in [2.75, 3.05) is 0 Å². The van der Waals surface area contributed by atoms with Crippen LogP contribution in [0.2, 0.25) is 0 Å². The van der Waals surface area contributed by atoms with Crippen LogP contribution in [0.1, 0.15) is 13.3 Å². The van der Waals surface area contributed by atoms with E-state index < -0.39 is 12.0 Å². The topological polar surface area (TPSA) is 63.3 Å². The Hall–Kier alpha value is 0.0534. The van der Waals surface area contributed by atoms with Crippen LogP contribution in [-0.2, 0) is 24.3 Å². The van der Waals surface area contributed by atoms with Crippen molar-refractivity contribution >= 4 is 5.97 Å². The van der Waals surface area contributed by atoms with Gasteiger partial charge in [0.2, 0.25) is 0 Å². The Morgan fingerprint density at radius 1 is 1.88 bits per heavy atom.